The maximum absolute atomic E-state index is 11.8. The first-order chi connectivity index (χ1) is 8.77. The number of thiophene rings is 1. The highest BCUT2D eigenvalue weighted by atomic mass is 79.9. The minimum absolute atomic E-state index is 0.0228. The molecule has 0 atom stereocenters. The van der Waals surface area contributed by atoms with Gasteiger partial charge in [0.2, 0.25) is 0 Å². The van der Waals surface area contributed by atoms with Crippen LogP contribution in [0.25, 0.3) is 6.08 Å². The molecule has 0 N–H and O–H groups in total. The van der Waals surface area contributed by atoms with Gasteiger partial charge in [-0.25, -0.2) is 0 Å². The van der Waals surface area contributed by atoms with Crippen molar-refractivity contribution in [2.45, 2.75) is 0 Å². The largest absolute Gasteiger partial charge is 0.288 e. The average molecular weight is 319 g/mol. The van der Waals surface area contributed by atoms with Crippen LogP contribution in [0.5, 0.6) is 0 Å². The molecule has 1 aromatic heterocycles. The summed E-state index contributed by atoms with van der Waals surface area (Å²) >= 11 is 4.79. The number of allylic oxidation sites excluding steroid dienone is 3. The highest BCUT2D eigenvalue weighted by Gasteiger charge is 2.06. The molecular formula is C15H11BrOS. The van der Waals surface area contributed by atoms with Crippen molar-refractivity contribution in [2.75, 3.05) is 0 Å². The quantitative estimate of drug-likeness (QED) is 0.442. The molecule has 0 fully saturated rings. The smallest absolute Gasteiger partial charge is 0.196 e. The molecule has 0 spiro atoms. The third kappa shape index (κ3) is 3.52. The van der Waals surface area contributed by atoms with Crippen LogP contribution in [0.15, 0.2) is 64.5 Å². The molecule has 1 aromatic carbocycles. The van der Waals surface area contributed by atoms with E-state index in [0.29, 0.717) is 0 Å². The molecule has 2 aromatic rings. The number of hydrogen-bond acceptors (Lipinski definition) is 2. The lowest BCUT2D eigenvalue weighted by atomic mass is 10.2. The van der Waals surface area contributed by atoms with E-state index in [9.17, 15) is 4.79 Å². The lowest BCUT2D eigenvalue weighted by Crippen LogP contribution is -1.89. The lowest BCUT2D eigenvalue weighted by Gasteiger charge is -1.90. The maximum Gasteiger partial charge on any atom is 0.196 e. The predicted molar refractivity (Wildman–Crippen MR) is 81.0 cm³/mol. The Labute approximate surface area is 119 Å². The molecular weight excluding hydrogens is 308 g/mol. The molecule has 1 nitrogen and oxygen atoms in total. The van der Waals surface area contributed by atoms with E-state index in [0.717, 1.165) is 14.9 Å². The van der Waals surface area contributed by atoms with Gasteiger partial charge in [-0.2, -0.15) is 0 Å². The fraction of sp³-hybridized carbons (Fsp3) is 0. The number of hydrogen-bond donors (Lipinski definition) is 0. The van der Waals surface area contributed by atoms with E-state index < -0.39 is 0 Å². The number of halogens is 1. The van der Waals surface area contributed by atoms with Gasteiger partial charge in [0.15, 0.2) is 5.78 Å². The zero-order chi connectivity index (χ0) is 12.8. The third-order valence-corrected chi connectivity index (χ3v) is 4.14. The fourth-order valence-electron chi connectivity index (χ4n) is 1.42. The summed E-state index contributed by atoms with van der Waals surface area (Å²) in [6.07, 6.45) is 7.18. The Morgan fingerprint density at radius 1 is 1.11 bits per heavy atom. The average Bonchev–Trinajstić information content (AvgIpc) is 2.82. The number of carbonyl (C=O) groups is 1. The Morgan fingerprint density at radius 3 is 2.56 bits per heavy atom. The Bertz CT molecular complexity index is 582. The van der Waals surface area contributed by atoms with Crippen LogP contribution in [-0.2, 0) is 0 Å². The van der Waals surface area contributed by atoms with Gasteiger partial charge >= 0.3 is 0 Å². The van der Waals surface area contributed by atoms with E-state index in [4.69, 9.17) is 0 Å². The van der Waals surface area contributed by atoms with Crippen molar-refractivity contribution >= 4 is 39.1 Å². The van der Waals surface area contributed by atoms with Crippen molar-refractivity contribution < 1.29 is 4.79 Å². The van der Waals surface area contributed by atoms with Crippen LogP contribution in [0.2, 0.25) is 0 Å². The molecule has 0 amide bonds. The van der Waals surface area contributed by atoms with E-state index in [1.54, 1.807) is 12.2 Å². The molecule has 3 heteroatoms. The van der Waals surface area contributed by atoms with Gasteiger partial charge in [0.1, 0.15) is 0 Å². The SMILES string of the molecule is O=C(C=CC=Cc1ccccc1)c1sccc1Br. The van der Waals surface area contributed by atoms with Crippen LogP contribution in [-0.4, -0.2) is 5.78 Å². The summed E-state index contributed by atoms with van der Waals surface area (Å²) in [5.41, 5.74) is 1.12. The van der Waals surface area contributed by atoms with Crippen LogP contribution in [0, 0.1) is 0 Å². The zero-order valence-electron chi connectivity index (χ0n) is 9.55. The summed E-state index contributed by atoms with van der Waals surface area (Å²) in [6.45, 7) is 0. The summed E-state index contributed by atoms with van der Waals surface area (Å²) in [7, 11) is 0. The molecule has 0 aliphatic carbocycles. The standard InChI is InChI=1S/C15H11BrOS/c16-13-10-11-18-15(13)14(17)9-5-4-8-12-6-2-1-3-7-12/h1-11H. The molecule has 0 aliphatic rings. The highest BCUT2D eigenvalue weighted by molar-refractivity contribution is 9.10. The fourth-order valence-corrected chi connectivity index (χ4v) is 2.91. The molecule has 0 aliphatic heterocycles. The van der Waals surface area contributed by atoms with Gasteiger partial charge in [0, 0.05) is 4.47 Å². The van der Waals surface area contributed by atoms with Crippen molar-refractivity contribution in [2.24, 2.45) is 0 Å². The summed E-state index contributed by atoms with van der Waals surface area (Å²) < 4.78 is 0.856. The molecule has 0 bridgehead atoms. The second-order valence-electron chi connectivity index (χ2n) is 3.59. The number of carbonyl (C=O) groups excluding carboxylic acids is 1. The van der Waals surface area contributed by atoms with E-state index in [-0.39, 0.29) is 5.78 Å². The molecule has 0 saturated heterocycles. The first-order valence-electron chi connectivity index (χ1n) is 5.44. The second kappa shape index (κ2) is 6.47. The Balaban J connectivity index is 1.98. The van der Waals surface area contributed by atoms with Crippen molar-refractivity contribution in [3.8, 4) is 0 Å². The summed E-state index contributed by atoms with van der Waals surface area (Å²) in [5.74, 6) is 0.0228. The topological polar surface area (TPSA) is 17.1 Å². The second-order valence-corrected chi connectivity index (χ2v) is 5.36. The van der Waals surface area contributed by atoms with Crippen LogP contribution in [0.4, 0.5) is 0 Å². The maximum atomic E-state index is 11.8. The van der Waals surface area contributed by atoms with Gasteiger partial charge in [-0.1, -0.05) is 48.6 Å². The number of rotatable bonds is 4. The monoisotopic (exact) mass is 318 g/mol. The van der Waals surface area contributed by atoms with Crippen molar-refractivity contribution in [3.63, 3.8) is 0 Å². The van der Waals surface area contributed by atoms with Crippen molar-refractivity contribution in [1.82, 2.24) is 0 Å². The molecule has 1 heterocycles. The van der Waals surface area contributed by atoms with E-state index in [1.165, 1.54) is 11.3 Å². The normalized spacial score (nSPS) is 11.4. The van der Waals surface area contributed by atoms with Crippen LogP contribution >= 0.6 is 27.3 Å². The molecule has 90 valence electrons. The minimum Gasteiger partial charge on any atom is -0.288 e. The first kappa shape index (κ1) is 13.0. The van der Waals surface area contributed by atoms with Gasteiger partial charge in [-0.3, -0.25) is 4.79 Å². The van der Waals surface area contributed by atoms with E-state index >= 15 is 0 Å². The van der Waals surface area contributed by atoms with Gasteiger partial charge in [-0.15, -0.1) is 11.3 Å². The zero-order valence-corrected chi connectivity index (χ0v) is 11.9. The van der Waals surface area contributed by atoms with Gasteiger partial charge in [0.05, 0.1) is 4.88 Å². The number of benzene rings is 1. The highest BCUT2D eigenvalue weighted by Crippen LogP contribution is 2.23. The summed E-state index contributed by atoms with van der Waals surface area (Å²) in [5, 5.41) is 1.89. The first-order valence-corrected chi connectivity index (χ1v) is 7.12. The third-order valence-electron chi connectivity index (χ3n) is 2.29. The molecule has 0 saturated carbocycles. The summed E-state index contributed by atoms with van der Waals surface area (Å²) in [4.78, 5) is 12.5. The summed E-state index contributed by atoms with van der Waals surface area (Å²) in [6, 6.07) is 11.9. The predicted octanol–water partition coefficient (Wildman–Crippen LogP) is 4.96. The van der Waals surface area contributed by atoms with E-state index in [2.05, 4.69) is 15.9 Å². The van der Waals surface area contributed by atoms with Crippen molar-refractivity contribution in [1.29, 1.82) is 0 Å². The van der Waals surface area contributed by atoms with Crippen LogP contribution in [0.1, 0.15) is 15.2 Å². The van der Waals surface area contributed by atoms with Gasteiger partial charge < -0.3 is 0 Å². The molecule has 0 radical (unpaired) electrons. The van der Waals surface area contributed by atoms with Crippen LogP contribution < -0.4 is 0 Å². The minimum atomic E-state index is 0.0228. The van der Waals surface area contributed by atoms with Crippen molar-refractivity contribution in [3.05, 3.63) is 74.9 Å². The van der Waals surface area contributed by atoms with Gasteiger partial charge in [-0.05, 0) is 39.0 Å². The number of ketones is 1. The molecule has 2 rings (SSSR count). The Hall–Kier alpha value is -1.45. The van der Waals surface area contributed by atoms with Crippen LogP contribution in [0.3, 0.4) is 0 Å². The lowest BCUT2D eigenvalue weighted by molar-refractivity contribution is 0.105. The Morgan fingerprint density at radius 2 is 1.89 bits per heavy atom. The van der Waals surface area contributed by atoms with Gasteiger partial charge in [0.25, 0.3) is 0 Å². The molecule has 0 unspecified atom stereocenters. The molecule has 18 heavy (non-hydrogen) atoms. The Kier molecular flexibility index (Phi) is 4.67. The van der Waals surface area contributed by atoms with E-state index in [1.807, 2.05) is 53.9 Å².